The standard InChI is InChI=1S/C20H16Cl2N2O3.C14H20ClNO2/c1-12-18(19(26)15-9-8-14(21)10-16(15)22)20(24(2)23-12)27-11-17(25)13-6-4-3-5-7-13;1-4-12-8-6-7-11(3)14(12)16(10-18-5-2)13(17)9-15/h3-10H,11H2,1-2H3;6-8H,4-5,9-10H2,1-3H3. The molecule has 0 aliphatic rings. The van der Waals surface area contributed by atoms with Crippen LogP contribution in [0.15, 0.2) is 66.7 Å². The number of rotatable bonds is 12. The zero-order chi connectivity index (χ0) is 33.1. The number of hydrogen-bond acceptors (Lipinski definition) is 6. The summed E-state index contributed by atoms with van der Waals surface area (Å²) in [6.45, 7) is 8.28. The van der Waals surface area contributed by atoms with Gasteiger partial charge < -0.3 is 9.47 Å². The fourth-order valence-corrected chi connectivity index (χ4v) is 5.26. The fraction of sp³-hybridized carbons (Fsp3) is 0.294. The highest BCUT2D eigenvalue weighted by Crippen LogP contribution is 2.29. The first-order chi connectivity index (χ1) is 21.5. The average molecular weight is 673 g/mol. The lowest BCUT2D eigenvalue weighted by Gasteiger charge is -2.25. The first-order valence-electron chi connectivity index (χ1n) is 14.3. The minimum absolute atomic E-state index is 0.0371. The van der Waals surface area contributed by atoms with Gasteiger partial charge in [0.2, 0.25) is 17.6 Å². The third kappa shape index (κ3) is 9.17. The topological polar surface area (TPSA) is 90.7 Å². The summed E-state index contributed by atoms with van der Waals surface area (Å²) in [5.74, 6) is -0.492. The van der Waals surface area contributed by atoms with Crippen LogP contribution >= 0.6 is 34.8 Å². The number of para-hydroxylation sites is 1. The number of Topliss-reactive ketones (excluding diaryl/α,β-unsaturated/α-hetero) is 1. The van der Waals surface area contributed by atoms with E-state index in [1.165, 1.54) is 10.7 Å². The Morgan fingerprint density at radius 2 is 1.67 bits per heavy atom. The number of ether oxygens (including phenoxy) is 2. The molecule has 0 saturated heterocycles. The predicted molar refractivity (Wildman–Crippen MR) is 179 cm³/mol. The maximum Gasteiger partial charge on any atom is 0.243 e. The number of amides is 1. The fourth-order valence-electron chi connectivity index (χ4n) is 4.62. The lowest BCUT2D eigenvalue weighted by atomic mass is 10.0. The second-order valence-corrected chi connectivity index (χ2v) is 11.0. The maximum absolute atomic E-state index is 13.0. The predicted octanol–water partition coefficient (Wildman–Crippen LogP) is 7.65. The largest absolute Gasteiger partial charge is 0.469 e. The molecule has 11 heteroatoms. The Kier molecular flexibility index (Phi) is 13.6. The molecule has 0 fully saturated rings. The highest BCUT2D eigenvalue weighted by Gasteiger charge is 2.25. The summed E-state index contributed by atoms with van der Waals surface area (Å²) in [5, 5.41) is 4.92. The van der Waals surface area contributed by atoms with Crippen LogP contribution in [0.1, 0.15) is 56.9 Å². The number of anilines is 1. The summed E-state index contributed by atoms with van der Waals surface area (Å²) in [4.78, 5) is 38.9. The van der Waals surface area contributed by atoms with E-state index in [0.717, 1.165) is 23.2 Å². The number of ketones is 2. The summed E-state index contributed by atoms with van der Waals surface area (Å²) >= 11 is 17.7. The van der Waals surface area contributed by atoms with Crippen molar-refractivity contribution in [1.82, 2.24) is 9.78 Å². The molecule has 0 saturated carbocycles. The Bertz CT molecular complexity index is 1640. The second kappa shape index (κ2) is 17.1. The van der Waals surface area contributed by atoms with Crippen molar-refractivity contribution in [3.8, 4) is 5.88 Å². The second-order valence-electron chi connectivity index (χ2n) is 9.93. The zero-order valence-corrected chi connectivity index (χ0v) is 28.2. The third-order valence-corrected chi connectivity index (χ3v) is 7.60. The maximum atomic E-state index is 13.0. The van der Waals surface area contributed by atoms with Crippen LogP contribution < -0.4 is 9.64 Å². The van der Waals surface area contributed by atoms with Crippen molar-refractivity contribution in [2.75, 3.05) is 30.7 Å². The molecule has 0 unspecified atom stereocenters. The van der Waals surface area contributed by atoms with Crippen LogP contribution in [0.5, 0.6) is 5.88 Å². The van der Waals surface area contributed by atoms with Gasteiger partial charge in [0.15, 0.2) is 12.4 Å². The van der Waals surface area contributed by atoms with Crippen LogP contribution in [0, 0.1) is 13.8 Å². The molecule has 0 aliphatic carbocycles. The number of alkyl halides is 1. The summed E-state index contributed by atoms with van der Waals surface area (Å²) < 4.78 is 12.5. The average Bonchev–Trinajstić information content (AvgIpc) is 3.32. The third-order valence-electron chi connectivity index (χ3n) is 6.82. The number of hydrogen-bond donors (Lipinski definition) is 0. The molecule has 0 bridgehead atoms. The van der Waals surface area contributed by atoms with Gasteiger partial charge >= 0.3 is 0 Å². The van der Waals surface area contributed by atoms with E-state index in [9.17, 15) is 14.4 Å². The minimum atomic E-state index is -0.343. The van der Waals surface area contributed by atoms with E-state index >= 15 is 0 Å². The van der Waals surface area contributed by atoms with Gasteiger partial charge in [-0.2, -0.15) is 5.10 Å². The molecule has 0 atom stereocenters. The molecule has 3 aromatic carbocycles. The lowest BCUT2D eigenvalue weighted by molar-refractivity contribution is -0.117. The highest BCUT2D eigenvalue weighted by molar-refractivity contribution is 6.37. The molecule has 8 nitrogen and oxygen atoms in total. The molecule has 0 radical (unpaired) electrons. The quantitative estimate of drug-likeness (QED) is 0.0873. The number of carbonyl (C=O) groups is 3. The van der Waals surface area contributed by atoms with Gasteiger partial charge in [-0.15, -0.1) is 11.6 Å². The highest BCUT2D eigenvalue weighted by atomic mass is 35.5. The van der Waals surface area contributed by atoms with Crippen molar-refractivity contribution in [2.45, 2.75) is 34.1 Å². The number of carbonyl (C=O) groups excluding carboxylic acids is 3. The molecule has 0 N–H and O–H groups in total. The molecule has 4 aromatic rings. The summed E-state index contributed by atoms with van der Waals surface area (Å²) in [5.41, 5.74) is 4.69. The smallest absolute Gasteiger partial charge is 0.243 e. The van der Waals surface area contributed by atoms with Crippen molar-refractivity contribution in [3.05, 3.63) is 110 Å². The van der Waals surface area contributed by atoms with E-state index in [1.54, 1.807) is 55.3 Å². The first kappa shape index (κ1) is 35.8. The van der Waals surface area contributed by atoms with E-state index in [-0.39, 0.29) is 58.7 Å². The van der Waals surface area contributed by atoms with Crippen molar-refractivity contribution < 1.29 is 23.9 Å². The van der Waals surface area contributed by atoms with Crippen LogP contribution in [-0.2, 0) is 23.0 Å². The van der Waals surface area contributed by atoms with Crippen LogP contribution in [0.3, 0.4) is 0 Å². The van der Waals surface area contributed by atoms with Crippen LogP contribution in [0.25, 0.3) is 0 Å². The van der Waals surface area contributed by atoms with Crippen LogP contribution in [-0.4, -0.2) is 53.1 Å². The molecule has 1 amide bonds. The lowest BCUT2D eigenvalue weighted by Crippen LogP contribution is -2.35. The Labute approximate surface area is 278 Å². The zero-order valence-electron chi connectivity index (χ0n) is 25.9. The van der Waals surface area contributed by atoms with Gasteiger partial charge in [0.25, 0.3) is 0 Å². The molecular formula is C34H36Cl3N3O5. The molecule has 0 spiro atoms. The van der Waals surface area contributed by atoms with Gasteiger partial charge in [0.05, 0.1) is 16.4 Å². The van der Waals surface area contributed by atoms with Gasteiger partial charge in [0, 0.05) is 29.8 Å². The number of aryl methyl sites for hydroxylation is 4. The van der Waals surface area contributed by atoms with E-state index < -0.39 is 0 Å². The Balaban J connectivity index is 0.000000268. The van der Waals surface area contributed by atoms with Crippen LogP contribution in [0.4, 0.5) is 5.69 Å². The normalized spacial score (nSPS) is 10.6. The molecule has 0 aliphatic heterocycles. The Hall–Kier alpha value is -3.69. The Morgan fingerprint density at radius 1 is 0.956 bits per heavy atom. The van der Waals surface area contributed by atoms with Crippen molar-refractivity contribution in [3.63, 3.8) is 0 Å². The molecular weight excluding hydrogens is 637 g/mol. The van der Waals surface area contributed by atoms with Crippen molar-refractivity contribution in [2.24, 2.45) is 7.05 Å². The SMILES string of the molecule is CCOCN(C(=O)CCl)c1c(C)cccc1CC.Cc1nn(C)c(OCC(=O)c2ccccc2)c1C(=O)c1ccc(Cl)cc1Cl. The summed E-state index contributed by atoms with van der Waals surface area (Å²) in [6.07, 6.45) is 0.870. The van der Waals surface area contributed by atoms with E-state index in [1.807, 2.05) is 38.1 Å². The molecule has 4 rings (SSSR count). The van der Waals surface area contributed by atoms with Gasteiger partial charge in [-0.1, -0.05) is 78.7 Å². The summed E-state index contributed by atoms with van der Waals surface area (Å²) in [7, 11) is 1.65. The van der Waals surface area contributed by atoms with Crippen molar-refractivity contribution in [1.29, 1.82) is 0 Å². The van der Waals surface area contributed by atoms with Gasteiger partial charge in [-0.3, -0.25) is 19.3 Å². The number of aromatic nitrogens is 2. The van der Waals surface area contributed by atoms with E-state index in [2.05, 4.69) is 12.0 Å². The number of benzene rings is 3. The Morgan fingerprint density at radius 3 is 2.29 bits per heavy atom. The van der Waals surface area contributed by atoms with Gasteiger partial charge in [-0.05, 0) is 56.5 Å². The molecule has 238 valence electrons. The van der Waals surface area contributed by atoms with Gasteiger partial charge in [0.1, 0.15) is 18.2 Å². The minimum Gasteiger partial charge on any atom is -0.469 e. The van der Waals surface area contributed by atoms with Gasteiger partial charge in [-0.25, -0.2) is 4.68 Å². The number of halogens is 3. The van der Waals surface area contributed by atoms with E-state index in [0.29, 0.717) is 22.9 Å². The number of nitrogens with zero attached hydrogens (tertiary/aromatic N) is 3. The molecule has 45 heavy (non-hydrogen) atoms. The monoisotopic (exact) mass is 671 g/mol. The van der Waals surface area contributed by atoms with Crippen molar-refractivity contribution >= 4 is 58.0 Å². The molecule has 1 aromatic heterocycles. The first-order valence-corrected chi connectivity index (χ1v) is 15.6. The molecule has 1 heterocycles. The summed E-state index contributed by atoms with van der Waals surface area (Å²) in [6, 6.07) is 19.5. The van der Waals surface area contributed by atoms with E-state index in [4.69, 9.17) is 44.3 Å². The van der Waals surface area contributed by atoms with Crippen LogP contribution in [0.2, 0.25) is 10.0 Å².